The highest BCUT2D eigenvalue weighted by molar-refractivity contribution is 6.36. The van der Waals surface area contributed by atoms with Crippen LogP contribution in [0.5, 0.6) is 0 Å². The molecule has 0 fully saturated rings. The van der Waals surface area contributed by atoms with Gasteiger partial charge in [0.2, 0.25) is 11.8 Å². The standard InChI is InChI=1S/C22H26Cl2N2O2/c1-4-16-8-10-17(11-9-16)12-13-21(27)26(15(2)22(28)25-3)14-18-19(23)6-5-7-20(18)24/h5-11,15H,4,12-14H2,1-3H3,(H,25,28)/t15-/m0/s1. The number of rotatable bonds is 8. The largest absolute Gasteiger partial charge is 0.357 e. The zero-order valence-electron chi connectivity index (χ0n) is 16.5. The van der Waals surface area contributed by atoms with E-state index in [0.717, 1.165) is 12.0 Å². The van der Waals surface area contributed by atoms with E-state index < -0.39 is 6.04 Å². The molecule has 0 radical (unpaired) electrons. The molecule has 0 aliphatic heterocycles. The maximum absolute atomic E-state index is 13.0. The van der Waals surface area contributed by atoms with Gasteiger partial charge < -0.3 is 10.2 Å². The Hall–Kier alpha value is -2.04. The summed E-state index contributed by atoms with van der Waals surface area (Å²) in [7, 11) is 1.55. The van der Waals surface area contributed by atoms with E-state index in [-0.39, 0.29) is 18.4 Å². The third-order valence-corrected chi connectivity index (χ3v) is 5.57. The first-order valence-electron chi connectivity index (χ1n) is 9.39. The van der Waals surface area contributed by atoms with Crippen molar-refractivity contribution in [1.29, 1.82) is 0 Å². The molecule has 150 valence electrons. The van der Waals surface area contributed by atoms with Gasteiger partial charge in [0.15, 0.2) is 0 Å². The summed E-state index contributed by atoms with van der Waals surface area (Å²) in [5, 5.41) is 3.56. The fourth-order valence-electron chi connectivity index (χ4n) is 2.98. The lowest BCUT2D eigenvalue weighted by Crippen LogP contribution is -2.46. The Labute approximate surface area is 176 Å². The molecule has 1 atom stereocenters. The first-order chi connectivity index (χ1) is 13.4. The molecule has 2 amide bonds. The van der Waals surface area contributed by atoms with Crippen LogP contribution in [0.25, 0.3) is 0 Å². The summed E-state index contributed by atoms with van der Waals surface area (Å²) in [5.41, 5.74) is 2.99. The van der Waals surface area contributed by atoms with Gasteiger partial charge in [0.25, 0.3) is 0 Å². The average molecular weight is 421 g/mol. The SMILES string of the molecule is CCc1ccc(CCC(=O)N(Cc2c(Cl)cccc2Cl)[C@@H](C)C(=O)NC)cc1. The molecule has 2 aromatic rings. The van der Waals surface area contributed by atoms with Crippen LogP contribution < -0.4 is 5.32 Å². The molecule has 0 heterocycles. The zero-order valence-corrected chi connectivity index (χ0v) is 18.0. The molecule has 0 saturated heterocycles. The smallest absolute Gasteiger partial charge is 0.242 e. The van der Waals surface area contributed by atoms with Crippen LogP contribution in [0.15, 0.2) is 42.5 Å². The molecule has 0 aliphatic rings. The lowest BCUT2D eigenvalue weighted by Gasteiger charge is -2.29. The average Bonchev–Trinajstić information content (AvgIpc) is 2.71. The zero-order chi connectivity index (χ0) is 20.7. The molecule has 0 bridgehead atoms. The van der Waals surface area contributed by atoms with Gasteiger partial charge in [-0.25, -0.2) is 0 Å². The molecule has 0 saturated carbocycles. The Kier molecular flexibility index (Phi) is 8.34. The van der Waals surface area contributed by atoms with Crippen molar-refractivity contribution >= 4 is 35.0 Å². The number of halogens is 2. The fourth-order valence-corrected chi connectivity index (χ4v) is 3.50. The number of hydrogen-bond acceptors (Lipinski definition) is 2. The monoisotopic (exact) mass is 420 g/mol. The van der Waals surface area contributed by atoms with E-state index in [1.807, 2.05) is 12.1 Å². The van der Waals surface area contributed by atoms with Crippen LogP contribution in [0, 0.1) is 0 Å². The quantitative estimate of drug-likeness (QED) is 0.675. The van der Waals surface area contributed by atoms with Gasteiger partial charge >= 0.3 is 0 Å². The molecule has 0 aliphatic carbocycles. The van der Waals surface area contributed by atoms with Crippen LogP contribution in [-0.2, 0) is 29.0 Å². The molecule has 6 heteroatoms. The number of hydrogen-bond donors (Lipinski definition) is 1. The van der Waals surface area contributed by atoms with Crippen molar-refractivity contribution in [3.8, 4) is 0 Å². The topological polar surface area (TPSA) is 49.4 Å². The Morgan fingerprint density at radius 1 is 1.04 bits per heavy atom. The summed E-state index contributed by atoms with van der Waals surface area (Å²) in [6.45, 7) is 3.99. The van der Waals surface area contributed by atoms with Crippen LogP contribution >= 0.6 is 23.2 Å². The predicted molar refractivity (Wildman–Crippen MR) is 115 cm³/mol. The van der Waals surface area contributed by atoms with Crippen LogP contribution in [0.3, 0.4) is 0 Å². The molecule has 2 rings (SSSR count). The van der Waals surface area contributed by atoms with E-state index >= 15 is 0 Å². The van der Waals surface area contributed by atoms with Crippen LogP contribution in [0.1, 0.15) is 37.0 Å². The number of carbonyl (C=O) groups excluding carboxylic acids is 2. The molecule has 2 aromatic carbocycles. The highest BCUT2D eigenvalue weighted by atomic mass is 35.5. The summed E-state index contributed by atoms with van der Waals surface area (Å²) >= 11 is 12.5. The van der Waals surface area contributed by atoms with E-state index in [0.29, 0.717) is 28.5 Å². The maximum Gasteiger partial charge on any atom is 0.242 e. The summed E-state index contributed by atoms with van der Waals surface area (Å²) < 4.78 is 0. The van der Waals surface area contributed by atoms with Crippen molar-refractivity contribution in [2.75, 3.05) is 7.05 Å². The van der Waals surface area contributed by atoms with Crippen molar-refractivity contribution in [1.82, 2.24) is 10.2 Å². The number of likely N-dealkylation sites (N-methyl/N-ethyl adjacent to an activating group) is 1. The minimum atomic E-state index is -0.632. The number of aryl methyl sites for hydroxylation is 2. The second kappa shape index (κ2) is 10.5. The van der Waals surface area contributed by atoms with Gasteiger partial charge in [-0.3, -0.25) is 9.59 Å². The number of amides is 2. The summed E-state index contributed by atoms with van der Waals surface area (Å²) in [5.74, 6) is -0.351. The Balaban J connectivity index is 2.17. The third-order valence-electron chi connectivity index (χ3n) is 4.86. The van der Waals surface area contributed by atoms with Gasteiger partial charge in [0, 0.05) is 35.6 Å². The van der Waals surface area contributed by atoms with Gasteiger partial charge in [0.1, 0.15) is 6.04 Å². The minimum absolute atomic E-state index is 0.119. The normalized spacial score (nSPS) is 11.8. The maximum atomic E-state index is 13.0. The van der Waals surface area contributed by atoms with Gasteiger partial charge in [-0.2, -0.15) is 0 Å². The van der Waals surface area contributed by atoms with E-state index in [9.17, 15) is 9.59 Å². The second-order valence-electron chi connectivity index (χ2n) is 6.68. The Morgan fingerprint density at radius 2 is 1.61 bits per heavy atom. The highest BCUT2D eigenvalue weighted by Crippen LogP contribution is 2.27. The predicted octanol–water partition coefficient (Wildman–Crippen LogP) is 4.65. The highest BCUT2D eigenvalue weighted by Gasteiger charge is 2.26. The van der Waals surface area contributed by atoms with Crippen molar-refractivity contribution < 1.29 is 9.59 Å². The molecule has 4 nitrogen and oxygen atoms in total. The fraction of sp³-hybridized carbons (Fsp3) is 0.364. The molecule has 1 N–H and O–H groups in total. The molecular formula is C22H26Cl2N2O2. The third kappa shape index (κ3) is 5.73. The number of nitrogens with one attached hydrogen (secondary N) is 1. The lowest BCUT2D eigenvalue weighted by atomic mass is 10.0. The first kappa shape index (κ1) is 22.3. The summed E-state index contributed by atoms with van der Waals surface area (Å²) in [4.78, 5) is 26.7. The lowest BCUT2D eigenvalue weighted by molar-refractivity contribution is -0.140. The second-order valence-corrected chi connectivity index (χ2v) is 7.50. The van der Waals surface area contributed by atoms with Crippen molar-refractivity contribution in [2.24, 2.45) is 0 Å². The molecule has 28 heavy (non-hydrogen) atoms. The van der Waals surface area contributed by atoms with Crippen molar-refractivity contribution in [3.63, 3.8) is 0 Å². The van der Waals surface area contributed by atoms with E-state index in [4.69, 9.17) is 23.2 Å². The van der Waals surface area contributed by atoms with E-state index in [2.05, 4.69) is 24.4 Å². The van der Waals surface area contributed by atoms with Gasteiger partial charge in [-0.15, -0.1) is 0 Å². The number of nitrogens with zero attached hydrogens (tertiary/aromatic N) is 1. The number of benzene rings is 2. The molecular weight excluding hydrogens is 395 g/mol. The van der Waals surface area contributed by atoms with E-state index in [1.54, 1.807) is 32.2 Å². The molecule has 0 unspecified atom stereocenters. The first-order valence-corrected chi connectivity index (χ1v) is 10.1. The van der Waals surface area contributed by atoms with E-state index in [1.165, 1.54) is 10.5 Å². The van der Waals surface area contributed by atoms with Crippen LogP contribution in [0.4, 0.5) is 0 Å². The van der Waals surface area contributed by atoms with Gasteiger partial charge in [-0.1, -0.05) is 60.5 Å². The van der Waals surface area contributed by atoms with Crippen molar-refractivity contribution in [3.05, 3.63) is 69.2 Å². The molecule has 0 aromatic heterocycles. The molecule has 0 spiro atoms. The van der Waals surface area contributed by atoms with Crippen LogP contribution in [0.2, 0.25) is 10.0 Å². The Morgan fingerprint density at radius 3 is 2.14 bits per heavy atom. The summed E-state index contributed by atoms with van der Waals surface area (Å²) in [6.07, 6.45) is 1.89. The number of carbonyl (C=O) groups is 2. The Bertz CT molecular complexity index is 802. The summed E-state index contributed by atoms with van der Waals surface area (Å²) in [6, 6.07) is 12.8. The van der Waals surface area contributed by atoms with Crippen molar-refractivity contribution in [2.45, 2.75) is 45.7 Å². The minimum Gasteiger partial charge on any atom is -0.357 e. The van der Waals surface area contributed by atoms with Gasteiger partial charge in [-0.05, 0) is 43.0 Å². The van der Waals surface area contributed by atoms with Crippen LogP contribution in [-0.4, -0.2) is 29.8 Å². The van der Waals surface area contributed by atoms with Gasteiger partial charge in [0.05, 0.1) is 0 Å².